The minimum Gasteiger partial charge on any atom is -0.489 e. The predicted octanol–water partition coefficient (Wildman–Crippen LogP) is 1.92. The van der Waals surface area contributed by atoms with E-state index in [1.54, 1.807) is 0 Å². The molecule has 29 heavy (non-hydrogen) atoms. The van der Waals surface area contributed by atoms with Crippen molar-refractivity contribution in [3.63, 3.8) is 0 Å². The molecule has 2 amide bonds. The van der Waals surface area contributed by atoms with E-state index in [1.807, 2.05) is 32.0 Å². The van der Waals surface area contributed by atoms with Crippen molar-refractivity contribution in [2.75, 3.05) is 44.2 Å². The standard InChI is InChI=1S/C21H31N3O4.ClH/c1-16(2)28-19-7-4-3-6-18(19)23-12-10-22(11-13-23)14-17(25)15-24-20(26)8-5-9-21(24)27;/h3-4,6-7,16-17,25H,5,8-15H2,1-2H3;1H. The summed E-state index contributed by atoms with van der Waals surface area (Å²) in [4.78, 5) is 29.5. The SMILES string of the molecule is CC(C)Oc1ccccc1N1CCN(CC(O)CN2C(=O)CCCC2=O)CC1.Cl. The van der Waals surface area contributed by atoms with E-state index in [9.17, 15) is 14.7 Å². The van der Waals surface area contributed by atoms with Crippen molar-refractivity contribution >= 4 is 29.9 Å². The second kappa shape index (κ2) is 10.8. The number of carbonyl (C=O) groups is 2. The van der Waals surface area contributed by atoms with Crippen molar-refractivity contribution in [3.8, 4) is 5.75 Å². The lowest BCUT2D eigenvalue weighted by atomic mass is 10.1. The second-order valence-corrected chi connectivity index (χ2v) is 7.83. The van der Waals surface area contributed by atoms with Crippen LogP contribution in [0, 0.1) is 0 Å². The van der Waals surface area contributed by atoms with Gasteiger partial charge in [0.2, 0.25) is 11.8 Å². The number of aliphatic hydroxyl groups excluding tert-OH is 1. The maximum atomic E-state index is 11.9. The average molecular weight is 426 g/mol. The molecule has 0 spiro atoms. The van der Waals surface area contributed by atoms with Gasteiger partial charge in [-0.3, -0.25) is 19.4 Å². The lowest BCUT2D eigenvalue weighted by molar-refractivity contribution is -0.149. The first kappa shape index (κ1) is 23.4. The predicted molar refractivity (Wildman–Crippen MR) is 115 cm³/mol. The Morgan fingerprint density at radius 2 is 1.62 bits per heavy atom. The molecule has 1 aromatic rings. The molecule has 1 atom stereocenters. The van der Waals surface area contributed by atoms with E-state index in [1.165, 1.54) is 4.90 Å². The monoisotopic (exact) mass is 425 g/mol. The summed E-state index contributed by atoms with van der Waals surface area (Å²) in [5.41, 5.74) is 1.10. The molecule has 0 saturated carbocycles. The molecule has 1 aromatic carbocycles. The molecule has 2 saturated heterocycles. The molecule has 8 heteroatoms. The van der Waals surface area contributed by atoms with Crippen LogP contribution < -0.4 is 9.64 Å². The number of piperidine rings is 1. The Bertz CT molecular complexity index is 676. The summed E-state index contributed by atoms with van der Waals surface area (Å²) in [6, 6.07) is 8.08. The van der Waals surface area contributed by atoms with Gasteiger partial charge in [-0.05, 0) is 32.4 Å². The number of β-amino-alcohol motifs (C(OH)–C–C–N with tert-alkyl or cyclic N) is 1. The number of piperazine rings is 1. The number of aliphatic hydroxyl groups is 1. The Morgan fingerprint density at radius 3 is 2.24 bits per heavy atom. The molecular formula is C21H32ClN3O4. The van der Waals surface area contributed by atoms with Crippen LogP contribution in [-0.4, -0.2) is 78.2 Å². The largest absolute Gasteiger partial charge is 0.489 e. The van der Waals surface area contributed by atoms with Gasteiger partial charge in [-0.2, -0.15) is 0 Å². The van der Waals surface area contributed by atoms with Gasteiger partial charge in [-0.1, -0.05) is 12.1 Å². The summed E-state index contributed by atoms with van der Waals surface area (Å²) in [6.45, 7) is 7.92. The number of hydrogen-bond acceptors (Lipinski definition) is 6. The highest BCUT2D eigenvalue weighted by Gasteiger charge is 2.29. The van der Waals surface area contributed by atoms with E-state index >= 15 is 0 Å². The first-order valence-corrected chi connectivity index (χ1v) is 10.2. The average Bonchev–Trinajstić information content (AvgIpc) is 2.66. The molecule has 1 N–H and O–H groups in total. The van der Waals surface area contributed by atoms with Crippen molar-refractivity contribution in [2.45, 2.75) is 45.3 Å². The minimum absolute atomic E-state index is 0. The van der Waals surface area contributed by atoms with Crippen LogP contribution in [0.3, 0.4) is 0 Å². The number of nitrogens with zero attached hydrogens (tertiary/aromatic N) is 3. The highest BCUT2D eigenvalue weighted by atomic mass is 35.5. The number of benzene rings is 1. The summed E-state index contributed by atoms with van der Waals surface area (Å²) in [5.74, 6) is 0.567. The van der Waals surface area contributed by atoms with Gasteiger partial charge in [0, 0.05) is 45.6 Å². The van der Waals surface area contributed by atoms with E-state index in [0.717, 1.165) is 37.6 Å². The quantitative estimate of drug-likeness (QED) is 0.673. The smallest absolute Gasteiger partial charge is 0.229 e. The van der Waals surface area contributed by atoms with Gasteiger partial charge in [0.1, 0.15) is 5.75 Å². The minimum atomic E-state index is -0.714. The number of imide groups is 1. The molecule has 0 radical (unpaired) electrons. The van der Waals surface area contributed by atoms with Gasteiger partial charge in [0.25, 0.3) is 0 Å². The Labute approximate surface area is 179 Å². The van der Waals surface area contributed by atoms with Crippen LogP contribution in [0.4, 0.5) is 5.69 Å². The van der Waals surface area contributed by atoms with Crippen molar-refractivity contribution in [2.24, 2.45) is 0 Å². The number of likely N-dealkylation sites (tertiary alicyclic amines) is 1. The van der Waals surface area contributed by atoms with Gasteiger partial charge >= 0.3 is 0 Å². The summed E-state index contributed by atoms with van der Waals surface area (Å²) in [7, 11) is 0. The van der Waals surface area contributed by atoms with E-state index in [0.29, 0.717) is 25.8 Å². The highest BCUT2D eigenvalue weighted by Crippen LogP contribution is 2.29. The zero-order valence-corrected chi connectivity index (χ0v) is 18.1. The fourth-order valence-corrected chi connectivity index (χ4v) is 3.81. The Kier molecular flexibility index (Phi) is 8.74. The Hall–Kier alpha value is -1.83. The van der Waals surface area contributed by atoms with E-state index in [-0.39, 0.29) is 36.9 Å². The zero-order chi connectivity index (χ0) is 20.1. The summed E-state index contributed by atoms with van der Waals surface area (Å²) >= 11 is 0. The fraction of sp³-hybridized carbons (Fsp3) is 0.619. The number of ether oxygens (including phenoxy) is 1. The van der Waals surface area contributed by atoms with Crippen molar-refractivity contribution in [1.29, 1.82) is 0 Å². The van der Waals surface area contributed by atoms with Gasteiger partial charge in [-0.25, -0.2) is 0 Å². The van der Waals surface area contributed by atoms with Crippen LogP contribution >= 0.6 is 12.4 Å². The lowest BCUT2D eigenvalue weighted by Gasteiger charge is -2.38. The van der Waals surface area contributed by atoms with Crippen molar-refractivity contribution in [3.05, 3.63) is 24.3 Å². The van der Waals surface area contributed by atoms with Crippen LogP contribution in [0.1, 0.15) is 33.1 Å². The molecule has 7 nitrogen and oxygen atoms in total. The summed E-state index contributed by atoms with van der Waals surface area (Å²) in [5, 5.41) is 10.4. The molecule has 2 heterocycles. The van der Waals surface area contributed by atoms with Crippen molar-refractivity contribution in [1.82, 2.24) is 9.80 Å². The molecule has 162 valence electrons. The third-order valence-corrected chi connectivity index (χ3v) is 5.19. The molecule has 0 aliphatic carbocycles. The molecule has 2 fully saturated rings. The van der Waals surface area contributed by atoms with Gasteiger partial charge in [0.15, 0.2) is 0 Å². The first-order chi connectivity index (χ1) is 13.4. The molecule has 1 unspecified atom stereocenters. The third-order valence-electron chi connectivity index (χ3n) is 5.19. The van der Waals surface area contributed by atoms with Gasteiger partial charge in [0.05, 0.1) is 24.4 Å². The maximum Gasteiger partial charge on any atom is 0.229 e. The Morgan fingerprint density at radius 1 is 1.00 bits per heavy atom. The zero-order valence-electron chi connectivity index (χ0n) is 17.2. The summed E-state index contributed by atoms with van der Waals surface area (Å²) in [6.07, 6.45) is 0.824. The van der Waals surface area contributed by atoms with Crippen LogP contribution in [0.15, 0.2) is 24.3 Å². The normalized spacial score (nSPS) is 19.3. The lowest BCUT2D eigenvalue weighted by Crippen LogP contribution is -2.51. The maximum absolute atomic E-state index is 11.9. The van der Waals surface area contributed by atoms with E-state index in [4.69, 9.17) is 4.74 Å². The first-order valence-electron chi connectivity index (χ1n) is 10.2. The van der Waals surface area contributed by atoms with E-state index in [2.05, 4.69) is 15.9 Å². The van der Waals surface area contributed by atoms with E-state index < -0.39 is 6.10 Å². The van der Waals surface area contributed by atoms with Gasteiger partial charge < -0.3 is 14.7 Å². The number of amides is 2. The number of anilines is 1. The number of rotatable bonds is 7. The second-order valence-electron chi connectivity index (χ2n) is 7.83. The topological polar surface area (TPSA) is 73.3 Å². The number of para-hydroxylation sites is 2. The Balaban J connectivity index is 0.00000300. The number of hydrogen-bond donors (Lipinski definition) is 1. The number of carbonyl (C=O) groups excluding carboxylic acids is 2. The van der Waals surface area contributed by atoms with Crippen LogP contribution in [0.25, 0.3) is 0 Å². The number of halogens is 1. The fourth-order valence-electron chi connectivity index (χ4n) is 3.81. The molecule has 2 aliphatic heterocycles. The van der Waals surface area contributed by atoms with Crippen molar-refractivity contribution < 1.29 is 19.4 Å². The molecule has 2 aliphatic rings. The molecule has 0 bridgehead atoms. The molecular weight excluding hydrogens is 394 g/mol. The van der Waals surface area contributed by atoms with Crippen LogP contribution in [-0.2, 0) is 9.59 Å². The molecule has 3 rings (SSSR count). The highest BCUT2D eigenvalue weighted by molar-refractivity contribution is 5.97. The van der Waals surface area contributed by atoms with Crippen LogP contribution in [0.5, 0.6) is 5.75 Å². The van der Waals surface area contributed by atoms with Crippen LogP contribution in [0.2, 0.25) is 0 Å². The third kappa shape index (κ3) is 6.32. The summed E-state index contributed by atoms with van der Waals surface area (Å²) < 4.78 is 5.93. The molecule has 0 aromatic heterocycles. The van der Waals surface area contributed by atoms with Gasteiger partial charge in [-0.15, -0.1) is 12.4 Å².